The first-order chi connectivity index (χ1) is 13.4. The second kappa shape index (κ2) is 7.44. The molecule has 1 amide bonds. The van der Waals surface area contributed by atoms with Crippen LogP contribution in [0.25, 0.3) is 10.8 Å². The number of rotatable bonds is 5. The number of halogens is 1. The zero-order valence-corrected chi connectivity index (χ0v) is 15.6. The molecule has 0 bridgehead atoms. The molecule has 2 aromatic carbocycles. The molecule has 0 aromatic heterocycles. The zero-order valence-electron chi connectivity index (χ0n) is 14.8. The quantitative estimate of drug-likeness (QED) is 0.694. The third kappa shape index (κ3) is 3.45. The minimum Gasteiger partial charge on any atom is -0.506 e. The fourth-order valence-electron chi connectivity index (χ4n) is 3.41. The molecule has 2 aliphatic heterocycles. The maximum Gasteiger partial charge on any atom is 0.253 e. The molecule has 2 atom stereocenters. The van der Waals surface area contributed by atoms with E-state index >= 15 is 4.39 Å². The molecule has 2 fully saturated rings. The molecule has 10 heteroatoms. The summed E-state index contributed by atoms with van der Waals surface area (Å²) in [6.45, 7) is 0.689. The highest BCUT2D eigenvalue weighted by Crippen LogP contribution is 2.41. The van der Waals surface area contributed by atoms with Gasteiger partial charge in [0, 0.05) is 18.4 Å². The van der Waals surface area contributed by atoms with Gasteiger partial charge in [-0.05, 0) is 36.4 Å². The number of carbonyl (C=O) groups is 1. The maximum atomic E-state index is 15.1. The van der Waals surface area contributed by atoms with Crippen molar-refractivity contribution in [2.45, 2.75) is 25.4 Å². The minimum atomic E-state index is -1.98. The number of nitrogens with zero attached hydrogens (tertiary/aromatic N) is 1. The van der Waals surface area contributed by atoms with Crippen LogP contribution in [-0.2, 0) is 20.7 Å². The first-order valence-corrected chi connectivity index (χ1v) is 9.96. The van der Waals surface area contributed by atoms with Gasteiger partial charge in [-0.1, -0.05) is 0 Å². The lowest BCUT2D eigenvalue weighted by molar-refractivity contribution is -0.117. The molecule has 0 saturated carbocycles. The molecule has 2 saturated heterocycles. The van der Waals surface area contributed by atoms with Gasteiger partial charge in [0.05, 0.1) is 12.7 Å². The Balaban J connectivity index is 1.64. The van der Waals surface area contributed by atoms with Crippen molar-refractivity contribution in [3.05, 3.63) is 24.0 Å². The van der Waals surface area contributed by atoms with Crippen LogP contribution in [0.3, 0.4) is 0 Å². The van der Waals surface area contributed by atoms with Crippen molar-refractivity contribution in [3.63, 3.8) is 0 Å². The van der Waals surface area contributed by atoms with E-state index in [2.05, 4.69) is 4.72 Å². The third-order valence-corrected chi connectivity index (χ3v) is 5.88. The Labute approximate surface area is 162 Å². The zero-order chi connectivity index (χ0) is 19.8. The van der Waals surface area contributed by atoms with E-state index in [9.17, 15) is 19.2 Å². The minimum absolute atomic E-state index is 0.0639. The van der Waals surface area contributed by atoms with E-state index < -0.39 is 28.6 Å². The molecule has 8 nitrogen and oxygen atoms in total. The highest BCUT2D eigenvalue weighted by atomic mass is 32.2. The van der Waals surface area contributed by atoms with Gasteiger partial charge in [0.15, 0.2) is 17.3 Å². The smallest absolute Gasteiger partial charge is 0.253 e. The topological polar surface area (TPSA) is 108 Å². The molecule has 2 aromatic rings. The summed E-state index contributed by atoms with van der Waals surface area (Å²) in [5.41, 5.74) is -0.347. The van der Waals surface area contributed by atoms with Gasteiger partial charge in [-0.15, -0.1) is 0 Å². The number of phenols is 2. The fraction of sp³-hybridized carbons (Fsp3) is 0.389. The number of amides is 1. The molecule has 2 aliphatic rings. The summed E-state index contributed by atoms with van der Waals surface area (Å²) in [6.07, 6.45) is 2.75. The summed E-state index contributed by atoms with van der Waals surface area (Å²) >= 11 is -1.98. The number of benzene rings is 2. The highest BCUT2D eigenvalue weighted by Gasteiger charge is 2.32. The van der Waals surface area contributed by atoms with Crippen molar-refractivity contribution in [2.75, 3.05) is 24.1 Å². The summed E-state index contributed by atoms with van der Waals surface area (Å²) in [5.74, 6) is -1.98. The highest BCUT2D eigenvalue weighted by molar-refractivity contribution is 7.85. The molecule has 4 rings (SSSR count). The van der Waals surface area contributed by atoms with Crippen LogP contribution in [-0.4, -0.2) is 46.2 Å². The van der Waals surface area contributed by atoms with E-state index in [0.717, 1.165) is 23.8 Å². The van der Waals surface area contributed by atoms with Crippen LogP contribution >= 0.6 is 0 Å². The van der Waals surface area contributed by atoms with Crippen LogP contribution in [0.1, 0.15) is 19.3 Å². The third-order valence-electron chi connectivity index (χ3n) is 4.77. The number of anilines is 1. The van der Waals surface area contributed by atoms with E-state index in [1.807, 2.05) is 0 Å². The molecule has 150 valence electrons. The Morgan fingerprint density at radius 2 is 2.11 bits per heavy atom. The monoisotopic (exact) mass is 410 g/mol. The Morgan fingerprint density at radius 1 is 1.32 bits per heavy atom. The average molecular weight is 410 g/mol. The lowest BCUT2D eigenvalue weighted by Crippen LogP contribution is -2.23. The SMILES string of the molecule is O=C1CN(c2c(O)cc3cc(O)c(OCCC4CCCO4)cc3c2F)S(=O)N1. The summed E-state index contributed by atoms with van der Waals surface area (Å²) in [6, 6.07) is 3.85. The predicted octanol–water partition coefficient (Wildman–Crippen LogP) is 1.85. The van der Waals surface area contributed by atoms with E-state index in [-0.39, 0.29) is 40.6 Å². The summed E-state index contributed by atoms with van der Waals surface area (Å²) < 4.78 is 41.3. The Hall–Kier alpha value is -2.59. The van der Waals surface area contributed by atoms with Gasteiger partial charge in [-0.3, -0.25) is 13.8 Å². The largest absolute Gasteiger partial charge is 0.506 e. The molecule has 0 radical (unpaired) electrons. The summed E-state index contributed by atoms with van der Waals surface area (Å²) in [4.78, 5) is 11.4. The van der Waals surface area contributed by atoms with E-state index in [0.29, 0.717) is 13.0 Å². The van der Waals surface area contributed by atoms with E-state index in [1.165, 1.54) is 18.2 Å². The maximum absolute atomic E-state index is 15.1. The number of fused-ring (bicyclic) bond motifs is 1. The van der Waals surface area contributed by atoms with Gasteiger partial charge in [-0.2, -0.15) is 0 Å². The first kappa shape index (κ1) is 18.8. The summed E-state index contributed by atoms with van der Waals surface area (Å²) in [5, 5.41) is 20.7. The van der Waals surface area contributed by atoms with E-state index in [4.69, 9.17) is 9.47 Å². The first-order valence-electron chi connectivity index (χ1n) is 8.85. The second-order valence-corrected chi connectivity index (χ2v) is 7.83. The normalized spacial score (nSPS) is 22.0. The number of nitrogens with one attached hydrogen (secondary N) is 1. The van der Waals surface area contributed by atoms with Crippen molar-refractivity contribution in [2.24, 2.45) is 0 Å². The number of hydrogen-bond donors (Lipinski definition) is 3. The number of aromatic hydroxyl groups is 2. The van der Waals surface area contributed by atoms with Crippen LogP contribution < -0.4 is 13.8 Å². The lowest BCUT2D eigenvalue weighted by Gasteiger charge is -2.18. The van der Waals surface area contributed by atoms with Crippen molar-refractivity contribution >= 4 is 33.5 Å². The number of hydrogen-bond acceptors (Lipinski definition) is 6. The van der Waals surface area contributed by atoms with Gasteiger partial charge < -0.3 is 19.7 Å². The standard InChI is InChI=1S/C18H19FN2O6S/c19-17-12-8-15(27-5-3-11-2-1-4-26-11)13(22)6-10(12)7-14(23)18(17)21-9-16(24)20-28(21)25/h6-8,11,22-23H,1-5,9H2,(H,20,24). The van der Waals surface area contributed by atoms with Gasteiger partial charge >= 0.3 is 0 Å². The lowest BCUT2D eigenvalue weighted by atomic mass is 10.1. The predicted molar refractivity (Wildman–Crippen MR) is 100.0 cm³/mol. The summed E-state index contributed by atoms with van der Waals surface area (Å²) in [7, 11) is 0. The molecular formula is C18H19FN2O6S. The molecule has 0 aliphatic carbocycles. The molecule has 2 heterocycles. The van der Waals surface area contributed by atoms with Crippen molar-refractivity contribution in [3.8, 4) is 17.2 Å². The number of phenolic OH excluding ortho intramolecular Hbond substituents is 2. The van der Waals surface area contributed by atoms with Gasteiger partial charge in [-0.25, -0.2) is 8.60 Å². The van der Waals surface area contributed by atoms with Crippen LogP contribution in [0.4, 0.5) is 10.1 Å². The molecular weight excluding hydrogens is 391 g/mol. The fourth-order valence-corrected chi connectivity index (χ4v) is 4.35. The van der Waals surface area contributed by atoms with Gasteiger partial charge in [0.2, 0.25) is 11.2 Å². The van der Waals surface area contributed by atoms with E-state index in [1.54, 1.807) is 0 Å². The molecule has 2 unspecified atom stereocenters. The number of ether oxygens (including phenoxy) is 2. The van der Waals surface area contributed by atoms with Gasteiger partial charge in [0.1, 0.15) is 18.0 Å². The average Bonchev–Trinajstić information content (AvgIpc) is 3.26. The Kier molecular flexibility index (Phi) is 4.98. The Morgan fingerprint density at radius 3 is 2.79 bits per heavy atom. The van der Waals surface area contributed by atoms with Gasteiger partial charge in [0.25, 0.3) is 5.91 Å². The second-order valence-electron chi connectivity index (χ2n) is 6.68. The van der Waals surface area contributed by atoms with Crippen molar-refractivity contribution in [1.82, 2.24) is 4.72 Å². The molecule has 28 heavy (non-hydrogen) atoms. The van der Waals surface area contributed by atoms with Crippen LogP contribution in [0.2, 0.25) is 0 Å². The molecule has 0 spiro atoms. The Bertz CT molecular complexity index is 963. The van der Waals surface area contributed by atoms with Crippen LogP contribution in [0.15, 0.2) is 18.2 Å². The molecule has 3 N–H and O–H groups in total. The van der Waals surface area contributed by atoms with Crippen molar-refractivity contribution < 1.29 is 33.1 Å². The number of carbonyl (C=O) groups excluding carboxylic acids is 1. The van der Waals surface area contributed by atoms with Crippen LogP contribution in [0.5, 0.6) is 17.2 Å². The van der Waals surface area contributed by atoms with Crippen molar-refractivity contribution in [1.29, 1.82) is 0 Å². The van der Waals surface area contributed by atoms with Crippen LogP contribution in [0, 0.1) is 5.82 Å².